The third-order valence-electron chi connectivity index (χ3n) is 5.94. The van der Waals surface area contributed by atoms with Gasteiger partial charge in [0.25, 0.3) is 5.91 Å². The van der Waals surface area contributed by atoms with Crippen LogP contribution >= 0.6 is 0 Å². The molecular weight excluding hydrogens is 408 g/mol. The number of hydrogen-bond acceptors (Lipinski definition) is 2. The molecule has 0 saturated carbocycles. The summed E-state index contributed by atoms with van der Waals surface area (Å²) in [6.07, 6.45) is 5.34. The molecule has 2 N–H and O–H groups in total. The fourth-order valence-corrected chi connectivity index (χ4v) is 4.02. The van der Waals surface area contributed by atoms with Crippen LogP contribution in [-0.2, 0) is 17.8 Å². The third kappa shape index (κ3) is 5.78. The minimum atomic E-state index is -0.147. The molecule has 0 atom stereocenters. The Bertz CT molecular complexity index is 1180. The first-order valence-corrected chi connectivity index (χ1v) is 11.5. The average Bonchev–Trinajstić information content (AvgIpc) is 3.19. The van der Waals surface area contributed by atoms with Crippen molar-refractivity contribution in [3.05, 3.63) is 101 Å². The lowest BCUT2D eigenvalue weighted by atomic mass is 10.0. The van der Waals surface area contributed by atoms with E-state index in [9.17, 15) is 9.59 Å². The second kappa shape index (κ2) is 10.3. The van der Waals surface area contributed by atoms with Gasteiger partial charge in [-0.1, -0.05) is 62.4 Å². The Morgan fingerprint density at radius 3 is 2.45 bits per heavy atom. The van der Waals surface area contributed by atoms with E-state index in [0.29, 0.717) is 24.6 Å². The molecule has 1 aliphatic rings. The number of fused-ring (bicyclic) bond motifs is 3. The van der Waals surface area contributed by atoms with Gasteiger partial charge in [-0.3, -0.25) is 9.59 Å². The van der Waals surface area contributed by atoms with Crippen LogP contribution in [0.5, 0.6) is 0 Å². The van der Waals surface area contributed by atoms with Crippen LogP contribution in [0.1, 0.15) is 52.9 Å². The van der Waals surface area contributed by atoms with Crippen LogP contribution in [0, 0.1) is 5.92 Å². The van der Waals surface area contributed by atoms with Gasteiger partial charge in [-0.25, -0.2) is 0 Å². The fourth-order valence-electron chi connectivity index (χ4n) is 4.02. The van der Waals surface area contributed by atoms with Gasteiger partial charge in [0.05, 0.1) is 0 Å². The molecule has 33 heavy (non-hydrogen) atoms. The van der Waals surface area contributed by atoms with Crippen LogP contribution in [0.4, 0.5) is 0 Å². The highest BCUT2D eigenvalue weighted by molar-refractivity contribution is 5.94. The molecular formula is C29H30N2O2. The van der Waals surface area contributed by atoms with E-state index in [-0.39, 0.29) is 11.8 Å². The van der Waals surface area contributed by atoms with Gasteiger partial charge in [-0.05, 0) is 76.4 Å². The molecule has 0 fully saturated rings. The summed E-state index contributed by atoms with van der Waals surface area (Å²) in [7, 11) is 0. The van der Waals surface area contributed by atoms with Crippen LogP contribution in [-0.4, -0.2) is 18.4 Å². The molecule has 0 aromatic heterocycles. The van der Waals surface area contributed by atoms with Crippen LogP contribution in [0.15, 0.2) is 72.8 Å². The minimum absolute atomic E-state index is 0.0638. The molecule has 0 saturated heterocycles. The van der Waals surface area contributed by atoms with Gasteiger partial charge in [-0.15, -0.1) is 0 Å². The van der Waals surface area contributed by atoms with E-state index < -0.39 is 0 Å². The predicted molar refractivity (Wildman–Crippen MR) is 134 cm³/mol. The summed E-state index contributed by atoms with van der Waals surface area (Å²) >= 11 is 0. The van der Waals surface area contributed by atoms with E-state index in [1.165, 1.54) is 22.3 Å². The van der Waals surface area contributed by atoms with Crippen molar-refractivity contribution in [2.45, 2.75) is 33.2 Å². The number of nitrogens with one attached hydrogen (secondary N) is 2. The lowest BCUT2D eigenvalue weighted by Crippen LogP contribution is -2.25. The highest BCUT2D eigenvalue weighted by atomic mass is 16.2. The number of benzene rings is 3. The van der Waals surface area contributed by atoms with E-state index in [0.717, 1.165) is 24.0 Å². The van der Waals surface area contributed by atoms with Gasteiger partial charge in [0.15, 0.2) is 0 Å². The monoisotopic (exact) mass is 438 g/mol. The van der Waals surface area contributed by atoms with E-state index in [1.807, 2.05) is 18.2 Å². The Labute approximate surface area is 195 Å². The van der Waals surface area contributed by atoms with Gasteiger partial charge in [0.2, 0.25) is 5.91 Å². The largest absolute Gasteiger partial charge is 0.352 e. The summed E-state index contributed by atoms with van der Waals surface area (Å²) in [4.78, 5) is 24.5. The Kier molecular flexibility index (Phi) is 7.04. The Morgan fingerprint density at radius 2 is 1.67 bits per heavy atom. The number of carbonyl (C=O) groups is 2. The Morgan fingerprint density at radius 1 is 0.909 bits per heavy atom. The van der Waals surface area contributed by atoms with E-state index in [2.05, 4.69) is 66.9 Å². The zero-order chi connectivity index (χ0) is 23.2. The predicted octanol–water partition coefficient (Wildman–Crippen LogP) is 5.36. The second-order valence-corrected chi connectivity index (χ2v) is 8.94. The summed E-state index contributed by atoms with van der Waals surface area (Å²) < 4.78 is 0. The van der Waals surface area contributed by atoms with Crippen molar-refractivity contribution < 1.29 is 9.59 Å². The summed E-state index contributed by atoms with van der Waals surface area (Å²) in [5.74, 6) is 0.349. The Hall–Kier alpha value is -3.66. The van der Waals surface area contributed by atoms with Gasteiger partial charge < -0.3 is 10.6 Å². The smallest absolute Gasteiger partial charge is 0.251 e. The van der Waals surface area contributed by atoms with Crippen molar-refractivity contribution in [2.75, 3.05) is 6.54 Å². The third-order valence-corrected chi connectivity index (χ3v) is 5.94. The first-order chi connectivity index (χ1) is 16.0. The highest BCUT2D eigenvalue weighted by Gasteiger charge is 2.17. The maximum Gasteiger partial charge on any atom is 0.251 e. The average molecular weight is 439 g/mol. The zero-order valence-corrected chi connectivity index (χ0v) is 19.2. The van der Waals surface area contributed by atoms with Crippen LogP contribution in [0.2, 0.25) is 0 Å². The van der Waals surface area contributed by atoms with Crippen molar-refractivity contribution in [2.24, 2.45) is 5.92 Å². The summed E-state index contributed by atoms with van der Waals surface area (Å²) in [5.41, 5.74) is 7.80. The second-order valence-electron chi connectivity index (χ2n) is 8.94. The first-order valence-electron chi connectivity index (χ1n) is 11.5. The Balaban J connectivity index is 1.29. The van der Waals surface area contributed by atoms with Crippen LogP contribution in [0.25, 0.3) is 17.2 Å². The summed E-state index contributed by atoms with van der Waals surface area (Å²) in [5, 5.41) is 5.84. The van der Waals surface area contributed by atoms with Gasteiger partial charge >= 0.3 is 0 Å². The lowest BCUT2D eigenvalue weighted by Gasteiger charge is -2.08. The first kappa shape index (κ1) is 22.5. The summed E-state index contributed by atoms with van der Waals surface area (Å²) in [6, 6.07) is 22.2. The molecule has 168 valence electrons. The van der Waals surface area contributed by atoms with Crippen molar-refractivity contribution in [1.82, 2.24) is 10.6 Å². The van der Waals surface area contributed by atoms with Crippen LogP contribution in [0.3, 0.4) is 0 Å². The van der Waals surface area contributed by atoms with Crippen molar-refractivity contribution in [3.8, 4) is 11.1 Å². The number of rotatable bonds is 8. The highest BCUT2D eigenvalue weighted by Crippen LogP contribution is 2.36. The standard InChI is InChI=1S/C29H30N2O2/c1-20(2)15-16-30-29(33)23-11-8-22(9-12-23)19-31-28(32)14-10-21-7-13-25-18-24-5-3-4-6-26(24)27(25)17-21/h3-14,17,20H,15-16,18-19H2,1-2H3,(H,30,33)(H,31,32)/b14-10+. The number of amides is 2. The SMILES string of the molecule is CC(C)CCNC(=O)c1ccc(CNC(=O)/C=C/c2ccc3c(c2)-c2ccccc2C3)cc1. The molecule has 4 nitrogen and oxygen atoms in total. The number of hydrogen-bond donors (Lipinski definition) is 2. The van der Waals surface area contributed by atoms with Gasteiger partial charge in [0.1, 0.15) is 0 Å². The topological polar surface area (TPSA) is 58.2 Å². The maximum absolute atomic E-state index is 12.3. The molecule has 0 aliphatic heterocycles. The van der Waals surface area contributed by atoms with Crippen molar-refractivity contribution >= 4 is 17.9 Å². The number of carbonyl (C=O) groups excluding carboxylic acids is 2. The molecule has 4 rings (SSSR count). The molecule has 0 heterocycles. The molecule has 0 bridgehead atoms. The maximum atomic E-state index is 12.3. The molecule has 4 heteroatoms. The fraction of sp³-hybridized carbons (Fsp3) is 0.241. The summed E-state index contributed by atoms with van der Waals surface area (Å²) in [6.45, 7) is 5.36. The van der Waals surface area contributed by atoms with E-state index in [4.69, 9.17) is 0 Å². The molecule has 0 spiro atoms. The molecule has 0 unspecified atom stereocenters. The van der Waals surface area contributed by atoms with Gasteiger partial charge in [0, 0.05) is 24.7 Å². The molecule has 2 amide bonds. The zero-order valence-electron chi connectivity index (χ0n) is 19.2. The van der Waals surface area contributed by atoms with E-state index in [1.54, 1.807) is 18.2 Å². The van der Waals surface area contributed by atoms with Crippen molar-refractivity contribution in [3.63, 3.8) is 0 Å². The molecule has 3 aromatic carbocycles. The van der Waals surface area contributed by atoms with Crippen molar-refractivity contribution in [1.29, 1.82) is 0 Å². The normalized spacial score (nSPS) is 12.0. The lowest BCUT2D eigenvalue weighted by molar-refractivity contribution is -0.116. The van der Waals surface area contributed by atoms with Crippen LogP contribution < -0.4 is 10.6 Å². The van der Waals surface area contributed by atoms with Gasteiger partial charge in [-0.2, -0.15) is 0 Å². The molecule has 1 aliphatic carbocycles. The molecule has 0 radical (unpaired) electrons. The van der Waals surface area contributed by atoms with E-state index >= 15 is 0 Å². The molecule has 3 aromatic rings. The minimum Gasteiger partial charge on any atom is -0.352 e. The quantitative estimate of drug-likeness (QED) is 0.364.